The van der Waals surface area contributed by atoms with Crippen LogP contribution in [0.3, 0.4) is 0 Å². The van der Waals surface area contributed by atoms with Gasteiger partial charge in [0.1, 0.15) is 23.0 Å². The summed E-state index contributed by atoms with van der Waals surface area (Å²) in [6.45, 7) is 21.2. The highest BCUT2D eigenvalue weighted by Crippen LogP contribution is 2.45. The summed E-state index contributed by atoms with van der Waals surface area (Å²) in [5.41, 5.74) is 7.96. The van der Waals surface area contributed by atoms with Crippen LogP contribution < -0.4 is 18.9 Å². The Bertz CT molecular complexity index is 2540. The van der Waals surface area contributed by atoms with Crippen molar-refractivity contribution in [2.24, 2.45) is 0 Å². The first-order valence-corrected chi connectivity index (χ1v) is 19.3. The van der Waals surface area contributed by atoms with Crippen LogP contribution in [0.4, 0.5) is 0 Å². The number of hydrogen-bond acceptors (Lipinski definition) is 8. The molecule has 0 radical (unpaired) electrons. The van der Waals surface area contributed by atoms with Crippen LogP contribution in [0.15, 0.2) is 188 Å². The van der Waals surface area contributed by atoms with E-state index < -0.39 is 29.8 Å². The maximum atomic E-state index is 13.3. The number of esters is 4. The molecule has 0 amide bonds. The van der Waals surface area contributed by atoms with E-state index in [0.717, 1.165) is 38.9 Å². The molecule has 0 atom stereocenters. The van der Waals surface area contributed by atoms with Crippen molar-refractivity contribution in [3.63, 3.8) is 0 Å². The molecule has 8 heteroatoms. The summed E-state index contributed by atoms with van der Waals surface area (Å²) in [6.07, 6.45) is 0. The highest BCUT2D eigenvalue weighted by atomic mass is 16.5. The summed E-state index contributed by atoms with van der Waals surface area (Å²) in [7, 11) is 0. The van der Waals surface area contributed by atoms with Gasteiger partial charge in [0.15, 0.2) is 0 Å². The van der Waals surface area contributed by atoms with Crippen molar-refractivity contribution in [1.82, 2.24) is 0 Å². The Kier molecular flexibility index (Phi) is 13.2. The lowest BCUT2D eigenvalue weighted by Crippen LogP contribution is -2.15. The summed E-state index contributed by atoms with van der Waals surface area (Å²) < 4.78 is 23.0. The van der Waals surface area contributed by atoms with Crippen LogP contribution in [0, 0.1) is 0 Å². The van der Waals surface area contributed by atoms with Crippen molar-refractivity contribution in [1.29, 1.82) is 0 Å². The molecule has 8 nitrogen and oxygen atoms in total. The van der Waals surface area contributed by atoms with E-state index in [4.69, 9.17) is 18.9 Å². The van der Waals surface area contributed by atoms with Crippen LogP contribution in [-0.4, -0.2) is 23.9 Å². The van der Waals surface area contributed by atoms with E-state index >= 15 is 0 Å². The molecule has 0 fully saturated rings. The van der Waals surface area contributed by atoms with Gasteiger partial charge in [0.05, 0.1) is 0 Å². The van der Waals surface area contributed by atoms with E-state index in [2.05, 4.69) is 26.3 Å². The molecule has 6 rings (SSSR count). The number of hydrogen-bond donors (Lipinski definition) is 0. The average molecular weight is 809 g/mol. The predicted octanol–water partition coefficient (Wildman–Crippen LogP) is 11.8. The summed E-state index contributed by atoms with van der Waals surface area (Å²) in [5.74, 6) is -1.81. The van der Waals surface area contributed by atoms with E-state index in [1.54, 1.807) is 64.1 Å². The minimum absolute atomic E-state index is 0.203. The average Bonchev–Trinajstić information content (AvgIpc) is 3.25. The SMILES string of the molecule is C=C(C)C(=O)Oc1ccc(-c2ccc(OC(=O)C(=C)C)c(C(c3ccc(-c4ccccc4)cc3)c3cc(-c4ccc(OC(=O)C(=C)C)cc4)ccc3OC(=O)C(=C)C)c2)cc1. The van der Waals surface area contributed by atoms with Gasteiger partial charge in [0.25, 0.3) is 0 Å². The van der Waals surface area contributed by atoms with Gasteiger partial charge in [0, 0.05) is 39.3 Å². The van der Waals surface area contributed by atoms with Gasteiger partial charge < -0.3 is 18.9 Å². The van der Waals surface area contributed by atoms with Gasteiger partial charge in [-0.3, -0.25) is 0 Å². The van der Waals surface area contributed by atoms with E-state index in [1.165, 1.54) is 0 Å². The fourth-order valence-corrected chi connectivity index (χ4v) is 6.31. The van der Waals surface area contributed by atoms with Crippen molar-refractivity contribution in [3.8, 4) is 56.4 Å². The second-order valence-corrected chi connectivity index (χ2v) is 14.7. The molecule has 0 bridgehead atoms. The number of ether oxygens (including phenoxy) is 4. The Morgan fingerprint density at radius 1 is 0.377 bits per heavy atom. The summed E-state index contributed by atoms with van der Waals surface area (Å²) in [6, 6.07) is 43.0. The molecular weight excluding hydrogens is 765 g/mol. The lowest BCUT2D eigenvalue weighted by molar-refractivity contribution is -0.131. The minimum Gasteiger partial charge on any atom is -0.423 e. The zero-order chi connectivity index (χ0) is 43.8. The fraction of sp³-hybridized carbons (Fsp3) is 0.0943. The Balaban J connectivity index is 1.58. The van der Waals surface area contributed by atoms with Crippen LogP contribution >= 0.6 is 0 Å². The summed E-state index contributed by atoms with van der Waals surface area (Å²) in [4.78, 5) is 51.0. The second-order valence-electron chi connectivity index (χ2n) is 14.7. The Morgan fingerprint density at radius 3 is 1.07 bits per heavy atom. The van der Waals surface area contributed by atoms with Crippen LogP contribution in [0.5, 0.6) is 23.0 Å². The molecule has 0 aliphatic rings. The topological polar surface area (TPSA) is 105 Å². The van der Waals surface area contributed by atoms with Gasteiger partial charge >= 0.3 is 23.9 Å². The third-order valence-corrected chi connectivity index (χ3v) is 9.59. The lowest BCUT2D eigenvalue weighted by atomic mass is 9.81. The molecule has 304 valence electrons. The zero-order valence-corrected chi connectivity index (χ0v) is 34.5. The molecule has 6 aromatic rings. The van der Waals surface area contributed by atoms with Crippen LogP contribution in [-0.2, 0) is 19.2 Å². The van der Waals surface area contributed by atoms with Crippen molar-refractivity contribution in [2.45, 2.75) is 33.6 Å². The van der Waals surface area contributed by atoms with E-state index in [-0.39, 0.29) is 33.8 Å². The quantitative estimate of drug-likeness (QED) is 0.0464. The molecule has 0 heterocycles. The molecule has 61 heavy (non-hydrogen) atoms. The van der Waals surface area contributed by atoms with Crippen molar-refractivity contribution >= 4 is 23.9 Å². The maximum absolute atomic E-state index is 13.3. The van der Waals surface area contributed by atoms with Gasteiger partial charge in [-0.2, -0.15) is 0 Å². The number of benzene rings is 6. The molecule has 0 aliphatic carbocycles. The highest BCUT2D eigenvalue weighted by Gasteiger charge is 2.28. The third-order valence-electron chi connectivity index (χ3n) is 9.59. The number of carbonyl (C=O) groups is 4. The van der Waals surface area contributed by atoms with Crippen LogP contribution in [0.1, 0.15) is 50.3 Å². The minimum atomic E-state index is -0.711. The van der Waals surface area contributed by atoms with Gasteiger partial charge in [-0.25, -0.2) is 19.2 Å². The van der Waals surface area contributed by atoms with Gasteiger partial charge in [-0.1, -0.05) is 117 Å². The lowest BCUT2D eigenvalue weighted by Gasteiger charge is -2.25. The molecule has 0 saturated carbocycles. The van der Waals surface area contributed by atoms with Gasteiger partial charge in [0.2, 0.25) is 0 Å². The molecule has 0 aromatic heterocycles. The normalized spacial score (nSPS) is 10.6. The molecule has 0 N–H and O–H groups in total. The first-order valence-electron chi connectivity index (χ1n) is 19.3. The van der Waals surface area contributed by atoms with Crippen molar-refractivity contribution in [3.05, 3.63) is 205 Å². The Labute approximate surface area is 355 Å². The van der Waals surface area contributed by atoms with Crippen LogP contribution in [0.25, 0.3) is 33.4 Å². The van der Waals surface area contributed by atoms with Crippen molar-refractivity contribution in [2.75, 3.05) is 0 Å². The molecular formula is C53H44O8. The molecule has 0 unspecified atom stereocenters. The van der Waals surface area contributed by atoms with Gasteiger partial charge in [-0.05, 0) is 115 Å². The predicted molar refractivity (Wildman–Crippen MR) is 238 cm³/mol. The maximum Gasteiger partial charge on any atom is 0.338 e. The van der Waals surface area contributed by atoms with E-state index in [9.17, 15) is 19.2 Å². The molecule has 0 saturated heterocycles. The highest BCUT2D eigenvalue weighted by molar-refractivity contribution is 5.91. The molecule has 6 aromatic carbocycles. The Hall–Kier alpha value is -7.84. The van der Waals surface area contributed by atoms with Gasteiger partial charge in [-0.15, -0.1) is 0 Å². The molecule has 0 spiro atoms. The first kappa shape index (κ1) is 42.8. The number of rotatable bonds is 14. The molecule has 0 aliphatic heterocycles. The number of carbonyl (C=O) groups excluding carboxylic acids is 4. The fourth-order valence-electron chi connectivity index (χ4n) is 6.31. The smallest absolute Gasteiger partial charge is 0.338 e. The van der Waals surface area contributed by atoms with E-state index in [1.807, 2.05) is 103 Å². The van der Waals surface area contributed by atoms with E-state index in [0.29, 0.717) is 22.6 Å². The summed E-state index contributed by atoms with van der Waals surface area (Å²) >= 11 is 0. The Morgan fingerprint density at radius 2 is 0.689 bits per heavy atom. The largest absolute Gasteiger partial charge is 0.423 e. The third kappa shape index (κ3) is 10.4. The first-order chi connectivity index (χ1) is 29.2. The monoisotopic (exact) mass is 808 g/mol. The zero-order valence-electron chi connectivity index (χ0n) is 34.5. The second kappa shape index (κ2) is 18.8. The summed E-state index contributed by atoms with van der Waals surface area (Å²) in [5, 5.41) is 0. The van der Waals surface area contributed by atoms with Crippen molar-refractivity contribution < 1.29 is 38.1 Å². The van der Waals surface area contributed by atoms with Crippen LogP contribution in [0.2, 0.25) is 0 Å². The standard InChI is InChI=1S/C53H44O8/c1-32(2)50(54)58-43-24-18-38(19-25-43)41-22-28-47(60-52(56)34(5)6)45(30-41)49(40-16-14-37(15-17-40)36-12-10-9-11-13-36)46-31-42(23-29-48(46)61-53(57)35(7)8)39-20-26-44(27-21-39)59-51(55)33(3)4/h9-31,49H,1,3,5,7H2,2,4,6,8H3.